The second-order valence-corrected chi connectivity index (χ2v) is 3.64. The number of hydrogen-bond acceptors (Lipinski definition) is 3. The molecule has 0 spiro atoms. The standard InChI is InChI=1S/C11H14N2O/c12-9-10(11-5-4-8-14-11)13-6-2-1-3-7-13/h4-5,8,10H,1-3,6-7H2. The molecule has 0 aliphatic carbocycles. The van der Waals surface area contributed by atoms with Crippen molar-refractivity contribution in [2.24, 2.45) is 0 Å². The van der Waals surface area contributed by atoms with E-state index in [9.17, 15) is 0 Å². The SMILES string of the molecule is N#CC(c1ccco1)N1CCCCC1. The Morgan fingerprint density at radius 3 is 2.71 bits per heavy atom. The highest BCUT2D eigenvalue weighted by molar-refractivity contribution is 5.13. The Hall–Kier alpha value is -1.27. The third kappa shape index (κ3) is 1.80. The molecule has 3 nitrogen and oxygen atoms in total. The normalized spacial score (nSPS) is 20.2. The predicted octanol–water partition coefficient (Wildman–Crippen LogP) is 2.33. The second-order valence-electron chi connectivity index (χ2n) is 3.64. The zero-order valence-electron chi connectivity index (χ0n) is 8.15. The quantitative estimate of drug-likeness (QED) is 0.718. The van der Waals surface area contributed by atoms with Gasteiger partial charge in [-0.05, 0) is 38.1 Å². The molecule has 1 aromatic rings. The Balaban J connectivity index is 2.09. The monoisotopic (exact) mass is 190 g/mol. The fourth-order valence-corrected chi connectivity index (χ4v) is 1.95. The Labute approximate surface area is 83.9 Å². The van der Waals surface area contributed by atoms with Crippen molar-refractivity contribution in [3.63, 3.8) is 0 Å². The molecule has 1 atom stereocenters. The Bertz CT molecular complexity index is 307. The van der Waals surface area contributed by atoms with Crippen LogP contribution in [0.4, 0.5) is 0 Å². The Morgan fingerprint density at radius 2 is 2.14 bits per heavy atom. The van der Waals surface area contributed by atoms with Crippen molar-refractivity contribution in [1.82, 2.24) is 4.90 Å². The van der Waals surface area contributed by atoms with Gasteiger partial charge in [0, 0.05) is 0 Å². The summed E-state index contributed by atoms with van der Waals surface area (Å²) in [5, 5.41) is 9.10. The lowest BCUT2D eigenvalue weighted by Gasteiger charge is -2.29. The van der Waals surface area contributed by atoms with Gasteiger partial charge in [-0.15, -0.1) is 0 Å². The molecule has 1 aliphatic rings. The molecular weight excluding hydrogens is 176 g/mol. The molecule has 3 heteroatoms. The maximum atomic E-state index is 9.10. The van der Waals surface area contributed by atoms with Gasteiger partial charge in [0.1, 0.15) is 5.76 Å². The van der Waals surface area contributed by atoms with Crippen molar-refractivity contribution in [2.75, 3.05) is 13.1 Å². The molecule has 0 aromatic carbocycles. The molecule has 1 aromatic heterocycles. The molecule has 1 fully saturated rings. The van der Waals surface area contributed by atoms with Crippen molar-refractivity contribution in [2.45, 2.75) is 25.3 Å². The predicted molar refractivity (Wildman–Crippen MR) is 52.5 cm³/mol. The van der Waals surface area contributed by atoms with Crippen LogP contribution in [-0.4, -0.2) is 18.0 Å². The fourth-order valence-electron chi connectivity index (χ4n) is 1.95. The van der Waals surface area contributed by atoms with Crippen LogP contribution in [0.5, 0.6) is 0 Å². The number of nitriles is 1. The van der Waals surface area contributed by atoms with E-state index in [4.69, 9.17) is 9.68 Å². The van der Waals surface area contributed by atoms with Gasteiger partial charge in [-0.2, -0.15) is 5.26 Å². The van der Waals surface area contributed by atoms with Gasteiger partial charge in [-0.25, -0.2) is 0 Å². The highest BCUT2D eigenvalue weighted by Gasteiger charge is 2.23. The van der Waals surface area contributed by atoms with E-state index in [0.29, 0.717) is 0 Å². The van der Waals surface area contributed by atoms with Crippen LogP contribution in [-0.2, 0) is 0 Å². The number of furan rings is 1. The average Bonchev–Trinajstić information content (AvgIpc) is 2.74. The first kappa shape index (κ1) is 9.29. The number of rotatable bonds is 2. The molecule has 74 valence electrons. The van der Waals surface area contributed by atoms with Crippen molar-refractivity contribution in [1.29, 1.82) is 5.26 Å². The van der Waals surface area contributed by atoms with Crippen LogP contribution in [0.15, 0.2) is 22.8 Å². The maximum Gasteiger partial charge on any atom is 0.156 e. The molecule has 0 saturated carbocycles. The lowest BCUT2D eigenvalue weighted by molar-refractivity contribution is 0.179. The van der Waals surface area contributed by atoms with Crippen LogP contribution in [0, 0.1) is 11.3 Å². The van der Waals surface area contributed by atoms with E-state index < -0.39 is 0 Å². The molecular formula is C11H14N2O. The Morgan fingerprint density at radius 1 is 1.36 bits per heavy atom. The van der Waals surface area contributed by atoms with E-state index in [1.807, 2.05) is 12.1 Å². The van der Waals surface area contributed by atoms with E-state index >= 15 is 0 Å². The van der Waals surface area contributed by atoms with E-state index in [-0.39, 0.29) is 6.04 Å². The van der Waals surface area contributed by atoms with Crippen LogP contribution in [0.3, 0.4) is 0 Å². The van der Waals surface area contributed by atoms with Gasteiger partial charge in [-0.1, -0.05) is 6.42 Å². The lowest BCUT2D eigenvalue weighted by Crippen LogP contribution is -2.32. The van der Waals surface area contributed by atoms with Gasteiger partial charge in [0.05, 0.1) is 12.3 Å². The topological polar surface area (TPSA) is 40.2 Å². The van der Waals surface area contributed by atoms with Gasteiger partial charge in [-0.3, -0.25) is 4.90 Å². The number of nitrogens with zero attached hydrogens (tertiary/aromatic N) is 2. The molecule has 2 rings (SSSR count). The summed E-state index contributed by atoms with van der Waals surface area (Å²) in [4.78, 5) is 2.20. The van der Waals surface area contributed by atoms with E-state index in [0.717, 1.165) is 18.8 Å². The summed E-state index contributed by atoms with van der Waals surface area (Å²) in [7, 11) is 0. The molecule has 0 radical (unpaired) electrons. The summed E-state index contributed by atoms with van der Waals surface area (Å²) in [5.74, 6) is 0.773. The van der Waals surface area contributed by atoms with E-state index in [2.05, 4.69) is 11.0 Å². The lowest BCUT2D eigenvalue weighted by atomic mass is 10.1. The van der Waals surface area contributed by atoms with Gasteiger partial charge >= 0.3 is 0 Å². The summed E-state index contributed by atoms with van der Waals surface area (Å²) in [6.07, 6.45) is 5.30. The number of hydrogen-bond donors (Lipinski definition) is 0. The first-order valence-corrected chi connectivity index (χ1v) is 5.09. The summed E-state index contributed by atoms with van der Waals surface area (Å²) in [6.45, 7) is 2.03. The van der Waals surface area contributed by atoms with Crippen molar-refractivity contribution < 1.29 is 4.42 Å². The third-order valence-electron chi connectivity index (χ3n) is 2.69. The fraction of sp³-hybridized carbons (Fsp3) is 0.545. The summed E-state index contributed by atoms with van der Waals surface area (Å²) in [5.41, 5.74) is 0. The van der Waals surface area contributed by atoms with Crippen LogP contribution < -0.4 is 0 Å². The largest absolute Gasteiger partial charge is 0.467 e. The highest BCUT2D eigenvalue weighted by atomic mass is 16.3. The molecule has 2 heterocycles. The maximum absolute atomic E-state index is 9.10. The average molecular weight is 190 g/mol. The third-order valence-corrected chi connectivity index (χ3v) is 2.69. The molecule has 14 heavy (non-hydrogen) atoms. The van der Waals surface area contributed by atoms with Gasteiger partial charge in [0.15, 0.2) is 6.04 Å². The smallest absolute Gasteiger partial charge is 0.156 e. The van der Waals surface area contributed by atoms with Crippen molar-refractivity contribution >= 4 is 0 Å². The van der Waals surface area contributed by atoms with Crippen molar-refractivity contribution in [3.8, 4) is 6.07 Å². The van der Waals surface area contributed by atoms with Gasteiger partial charge in [0.25, 0.3) is 0 Å². The number of piperidine rings is 1. The molecule has 1 unspecified atom stereocenters. The van der Waals surface area contributed by atoms with Crippen molar-refractivity contribution in [3.05, 3.63) is 24.2 Å². The molecule has 0 bridgehead atoms. The molecule has 1 aliphatic heterocycles. The highest BCUT2D eigenvalue weighted by Crippen LogP contribution is 2.23. The molecule has 0 N–H and O–H groups in total. The van der Waals surface area contributed by atoms with Crippen LogP contribution in [0.1, 0.15) is 31.1 Å². The molecule has 0 amide bonds. The zero-order chi connectivity index (χ0) is 9.80. The minimum Gasteiger partial charge on any atom is -0.467 e. The summed E-state index contributed by atoms with van der Waals surface area (Å²) >= 11 is 0. The van der Waals surface area contributed by atoms with Gasteiger partial charge in [0.2, 0.25) is 0 Å². The van der Waals surface area contributed by atoms with E-state index in [1.54, 1.807) is 6.26 Å². The minimum atomic E-state index is -0.190. The number of likely N-dealkylation sites (tertiary alicyclic amines) is 1. The zero-order valence-corrected chi connectivity index (χ0v) is 8.15. The molecule has 1 saturated heterocycles. The van der Waals surface area contributed by atoms with E-state index in [1.165, 1.54) is 19.3 Å². The Kier molecular flexibility index (Phi) is 2.85. The first-order chi connectivity index (χ1) is 6.92. The summed E-state index contributed by atoms with van der Waals surface area (Å²) in [6, 6.07) is 5.83. The second kappa shape index (κ2) is 4.30. The minimum absolute atomic E-state index is 0.190. The van der Waals surface area contributed by atoms with Crippen LogP contribution >= 0.6 is 0 Å². The van der Waals surface area contributed by atoms with Gasteiger partial charge < -0.3 is 4.42 Å². The summed E-state index contributed by atoms with van der Waals surface area (Å²) < 4.78 is 5.28. The van der Waals surface area contributed by atoms with Crippen LogP contribution in [0.2, 0.25) is 0 Å². The van der Waals surface area contributed by atoms with Crippen LogP contribution in [0.25, 0.3) is 0 Å². The first-order valence-electron chi connectivity index (χ1n) is 5.09.